The van der Waals surface area contributed by atoms with Crippen molar-refractivity contribution in [2.24, 2.45) is 5.92 Å². The van der Waals surface area contributed by atoms with Gasteiger partial charge in [0.15, 0.2) is 0 Å². The van der Waals surface area contributed by atoms with Crippen molar-refractivity contribution in [2.45, 2.75) is 32.1 Å². The van der Waals surface area contributed by atoms with Gasteiger partial charge in [-0.05, 0) is 31.7 Å². The number of rotatable bonds is 7. The Hall–Kier alpha value is -2.64. The van der Waals surface area contributed by atoms with Crippen molar-refractivity contribution in [1.82, 2.24) is 10.2 Å². The van der Waals surface area contributed by atoms with E-state index < -0.39 is 0 Å². The van der Waals surface area contributed by atoms with Crippen molar-refractivity contribution in [1.29, 1.82) is 0 Å². The topological polar surface area (TPSA) is 95.8 Å². The van der Waals surface area contributed by atoms with Gasteiger partial charge in [-0.15, -0.1) is 0 Å². The molecule has 2 aliphatic heterocycles. The molecule has 0 radical (unpaired) electrons. The van der Waals surface area contributed by atoms with E-state index in [1.807, 2.05) is 9.80 Å². The van der Waals surface area contributed by atoms with Gasteiger partial charge in [0.25, 0.3) is 5.69 Å². The van der Waals surface area contributed by atoms with Crippen LogP contribution in [0.25, 0.3) is 0 Å². The van der Waals surface area contributed by atoms with Crippen molar-refractivity contribution in [2.75, 3.05) is 37.6 Å². The van der Waals surface area contributed by atoms with Crippen LogP contribution in [0, 0.1) is 16.0 Å². The molecule has 1 N–H and O–H groups in total. The summed E-state index contributed by atoms with van der Waals surface area (Å²) in [5, 5.41) is 14.2. The fourth-order valence-corrected chi connectivity index (χ4v) is 3.83. The van der Waals surface area contributed by atoms with Crippen molar-refractivity contribution in [3.05, 3.63) is 34.4 Å². The largest absolute Gasteiger partial charge is 0.366 e. The third kappa shape index (κ3) is 4.75. The SMILES string of the molecule is O=C(NCCCN1CCCC1=O)C1CCN(c2ccccc2[N+](=O)[O-])CC1. The number of nitro benzene ring substituents is 1. The summed E-state index contributed by atoms with van der Waals surface area (Å²) in [6.45, 7) is 3.37. The summed E-state index contributed by atoms with van der Waals surface area (Å²) in [5.41, 5.74) is 0.730. The molecule has 0 unspecified atom stereocenters. The maximum Gasteiger partial charge on any atom is 0.292 e. The summed E-state index contributed by atoms with van der Waals surface area (Å²) >= 11 is 0. The van der Waals surface area contributed by atoms with Crippen LogP contribution in [-0.2, 0) is 9.59 Å². The van der Waals surface area contributed by atoms with E-state index in [0.29, 0.717) is 51.1 Å². The molecular weight excluding hydrogens is 348 g/mol. The minimum atomic E-state index is -0.362. The second-order valence-corrected chi connectivity index (χ2v) is 7.14. The van der Waals surface area contributed by atoms with Crippen LogP contribution in [-0.4, -0.2) is 54.4 Å². The molecule has 2 fully saturated rings. The van der Waals surface area contributed by atoms with Crippen LogP contribution in [0.3, 0.4) is 0 Å². The number of nitrogens with zero attached hydrogens (tertiary/aromatic N) is 3. The zero-order valence-corrected chi connectivity index (χ0v) is 15.4. The average Bonchev–Trinajstić information content (AvgIpc) is 3.10. The number of nitrogens with one attached hydrogen (secondary N) is 1. The standard InChI is InChI=1S/C19H26N4O4/c24-18-7-3-11-22(18)12-4-10-20-19(25)15-8-13-21(14-9-15)16-5-1-2-6-17(16)23(26)27/h1-2,5-6,15H,3-4,7-14H2,(H,20,25). The van der Waals surface area contributed by atoms with Crippen molar-refractivity contribution >= 4 is 23.2 Å². The molecule has 8 heteroatoms. The maximum atomic E-state index is 12.4. The Labute approximate surface area is 158 Å². The number of hydrogen-bond donors (Lipinski definition) is 1. The van der Waals surface area contributed by atoms with E-state index in [-0.39, 0.29) is 28.3 Å². The van der Waals surface area contributed by atoms with Gasteiger partial charge in [0.2, 0.25) is 11.8 Å². The fraction of sp³-hybridized carbons (Fsp3) is 0.579. The first-order valence-corrected chi connectivity index (χ1v) is 9.60. The van der Waals surface area contributed by atoms with Gasteiger partial charge in [0, 0.05) is 51.1 Å². The molecule has 0 aliphatic carbocycles. The first-order valence-electron chi connectivity index (χ1n) is 9.60. The lowest BCUT2D eigenvalue weighted by atomic mass is 9.95. The molecule has 3 rings (SSSR count). The number of benzene rings is 1. The summed E-state index contributed by atoms with van der Waals surface area (Å²) < 4.78 is 0. The van der Waals surface area contributed by atoms with Crippen LogP contribution in [0.5, 0.6) is 0 Å². The molecule has 27 heavy (non-hydrogen) atoms. The molecule has 2 saturated heterocycles. The van der Waals surface area contributed by atoms with Crippen LogP contribution in [0.4, 0.5) is 11.4 Å². The van der Waals surface area contributed by atoms with E-state index in [4.69, 9.17) is 0 Å². The lowest BCUT2D eigenvalue weighted by molar-refractivity contribution is -0.384. The van der Waals surface area contributed by atoms with Gasteiger partial charge in [-0.2, -0.15) is 0 Å². The lowest BCUT2D eigenvalue weighted by Gasteiger charge is -2.32. The van der Waals surface area contributed by atoms with Crippen molar-refractivity contribution in [3.63, 3.8) is 0 Å². The Kier molecular flexibility index (Phi) is 6.26. The highest BCUT2D eigenvalue weighted by atomic mass is 16.6. The van der Waals surface area contributed by atoms with E-state index in [9.17, 15) is 19.7 Å². The molecule has 0 atom stereocenters. The first kappa shape index (κ1) is 19.1. The number of nitro groups is 1. The maximum absolute atomic E-state index is 12.4. The molecular formula is C19H26N4O4. The molecule has 1 aromatic rings. The molecule has 2 amide bonds. The van der Waals surface area contributed by atoms with E-state index in [0.717, 1.165) is 19.4 Å². The molecule has 8 nitrogen and oxygen atoms in total. The minimum absolute atomic E-state index is 0.0463. The van der Waals surface area contributed by atoms with Crippen LogP contribution in [0.2, 0.25) is 0 Å². The highest BCUT2D eigenvalue weighted by Gasteiger charge is 2.28. The lowest BCUT2D eigenvalue weighted by Crippen LogP contribution is -2.41. The number of likely N-dealkylation sites (tertiary alicyclic amines) is 1. The monoisotopic (exact) mass is 374 g/mol. The van der Waals surface area contributed by atoms with Crippen LogP contribution in [0.15, 0.2) is 24.3 Å². The second-order valence-electron chi connectivity index (χ2n) is 7.14. The second kappa shape index (κ2) is 8.83. The predicted octanol–water partition coefficient (Wildman–Crippen LogP) is 1.94. The van der Waals surface area contributed by atoms with Gasteiger partial charge in [-0.1, -0.05) is 12.1 Å². The van der Waals surface area contributed by atoms with Crippen molar-refractivity contribution < 1.29 is 14.5 Å². The number of piperidine rings is 1. The molecule has 0 spiro atoms. The Balaban J connectivity index is 1.41. The van der Waals surface area contributed by atoms with E-state index in [1.165, 1.54) is 6.07 Å². The Morgan fingerprint density at radius 1 is 1.22 bits per heavy atom. The normalized spacial score (nSPS) is 18.0. The zero-order chi connectivity index (χ0) is 19.2. The van der Waals surface area contributed by atoms with Gasteiger partial charge in [0.05, 0.1) is 4.92 Å². The Bertz CT molecular complexity index is 701. The first-order chi connectivity index (χ1) is 13.1. The number of hydrogen-bond acceptors (Lipinski definition) is 5. The summed E-state index contributed by atoms with van der Waals surface area (Å²) in [7, 11) is 0. The van der Waals surface area contributed by atoms with Crippen LogP contribution in [0.1, 0.15) is 32.1 Å². The van der Waals surface area contributed by atoms with Gasteiger partial charge in [-0.3, -0.25) is 19.7 Å². The van der Waals surface area contributed by atoms with Gasteiger partial charge >= 0.3 is 0 Å². The number of amides is 2. The number of anilines is 1. The van der Waals surface area contributed by atoms with E-state index in [2.05, 4.69) is 5.32 Å². The molecule has 0 aromatic heterocycles. The average molecular weight is 374 g/mol. The predicted molar refractivity (Wildman–Crippen MR) is 101 cm³/mol. The summed E-state index contributed by atoms with van der Waals surface area (Å²) in [6.07, 6.45) is 3.71. The smallest absolute Gasteiger partial charge is 0.292 e. The molecule has 0 bridgehead atoms. The third-order valence-electron chi connectivity index (χ3n) is 5.36. The molecule has 146 valence electrons. The summed E-state index contributed by atoms with van der Waals surface area (Å²) in [5.74, 6) is 0.200. The summed E-state index contributed by atoms with van der Waals surface area (Å²) in [4.78, 5) is 38.6. The van der Waals surface area contributed by atoms with Gasteiger partial charge in [0.1, 0.15) is 5.69 Å². The third-order valence-corrected chi connectivity index (χ3v) is 5.36. The highest BCUT2D eigenvalue weighted by Crippen LogP contribution is 2.31. The van der Waals surface area contributed by atoms with Gasteiger partial charge in [-0.25, -0.2) is 0 Å². The van der Waals surface area contributed by atoms with Crippen molar-refractivity contribution in [3.8, 4) is 0 Å². The zero-order valence-electron chi connectivity index (χ0n) is 15.4. The van der Waals surface area contributed by atoms with Crippen LogP contribution >= 0.6 is 0 Å². The quantitative estimate of drug-likeness (QED) is 0.447. The Morgan fingerprint density at radius 3 is 2.63 bits per heavy atom. The number of carbonyl (C=O) groups is 2. The Morgan fingerprint density at radius 2 is 1.96 bits per heavy atom. The molecule has 1 aromatic carbocycles. The minimum Gasteiger partial charge on any atom is -0.366 e. The van der Waals surface area contributed by atoms with Gasteiger partial charge < -0.3 is 15.1 Å². The molecule has 2 heterocycles. The molecule has 0 saturated carbocycles. The van der Waals surface area contributed by atoms with E-state index >= 15 is 0 Å². The summed E-state index contributed by atoms with van der Waals surface area (Å²) in [6, 6.07) is 6.74. The number of para-hydroxylation sites is 2. The number of carbonyl (C=O) groups excluding carboxylic acids is 2. The molecule has 2 aliphatic rings. The fourth-order valence-electron chi connectivity index (χ4n) is 3.83. The van der Waals surface area contributed by atoms with Crippen LogP contribution < -0.4 is 10.2 Å². The van der Waals surface area contributed by atoms with E-state index in [1.54, 1.807) is 18.2 Å². The highest BCUT2D eigenvalue weighted by molar-refractivity contribution is 5.79.